The van der Waals surface area contributed by atoms with Gasteiger partial charge in [-0.25, -0.2) is 0 Å². The third-order valence-corrected chi connectivity index (χ3v) is 8.06. The summed E-state index contributed by atoms with van der Waals surface area (Å²) >= 11 is 0. The van der Waals surface area contributed by atoms with Crippen molar-refractivity contribution >= 4 is 16.7 Å². The molecule has 2 heterocycles. The van der Waals surface area contributed by atoms with Gasteiger partial charge in [0.25, 0.3) is 5.91 Å². The largest absolute Gasteiger partial charge is 0.493 e. The number of amides is 1. The van der Waals surface area contributed by atoms with Crippen LogP contribution in [0, 0.1) is 5.92 Å². The lowest BCUT2D eigenvalue weighted by atomic mass is 10.0. The van der Waals surface area contributed by atoms with E-state index < -0.39 is 0 Å². The first kappa shape index (κ1) is 27.9. The van der Waals surface area contributed by atoms with E-state index in [-0.39, 0.29) is 5.91 Å². The molecule has 0 aromatic heterocycles. The van der Waals surface area contributed by atoms with Crippen LogP contribution >= 0.6 is 0 Å². The molecule has 0 saturated carbocycles. The van der Waals surface area contributed by atoms with E-state index in [0.717, 1.165) is 72.4 Å². The summed E-state index contributed by atoms with van der Waals surface area (Å²) in [6, 6.07) is 13.7. The molecule has 3 aromatic carbocycles. The quantitative estimate of drug-likeness (QED) is 0.297. The van der Waals surface area contributed by atoms with Gasteiger partial charge in [-0.1, -0.05) is 18.6 Å². The molecule has 1 atom stereocenters. The standard InChI is InChI=1S/C32H40N2O6/c1-36-28-13-12-24-25(31(28)39-4)10-7-11-27(24)40-16-8-15-33-14-6-5-9-22(19-33)20-34-21-23-17-29(37-2)30(38-3)18-26(23)32(34)35/h7,10-13,17-18,22H,5-6,8-9,14-16,19-21H2,1-4H3. The van der Waals surface area contributed by atoms with Crippen molar-refractivity contribution in [3.05, 3.63) is 53.6 Å². The molecule has 0 spiro atoms. The molecule has 2 aliphatic rings. The fraction of sp³-hybridized carbons (Fsp3) is 0.469. The number of likely N-dealkylation sites (tertiary alicyclic amines) is 1. The number of ether oxygens (including phenoxy) is 5. The minimum Gasteiger partial charge on any atom is -0.493 e. The van der Waals surface area contributed by atoms with Crippen molar-refractivity contribution in [2.75, 3.05) is 61.2 Å². The molecule has 214 valence electrons. The summed E-state index contributed by atoms with van der Waals surface area (Å²) in [4.78, 5) is 17.7. The average molecular weight is 549 g/mol. The summed E-state index contributed by atoms with van der Waals surface area (Å²) in [5.74, 6) is 4.09. The van der Waals surface area contributed by atoms with Crippen LogP contribution in [0.4, 0.5) is 0 Å². The smallest absolute Gasteiger partial charge is 0.254 e. The van der Waals surface area contributed by atoms with Crippen LogP contribution in [-0.4, -0.2) is 76.9 Å². The van der Waals surface area contributed by atoms with Gasteiger partial charge in [-0.15, -0.1) is 0 Å². The Hall–Kier alpha value is -3.65. The van der Waals surface area contributed by atoms with Gasteiger partial charge in [0.1, 0.15) is 5.75 Å². The maximum absolute atomic E-state index is 13.2. The van der Waals surface area contributed by atoms with Gasteiger partial charge >= 0.3 is 0 Å². The molecule has 0 bridgehead atoms. The Labute approximate surface area is 236 Å². The molecule has 8 heteroatoms. The molecule has 1 unspecified atom stereocenters. The Balaban J connectivity index is 1.16. The lowest BCUT2D eigenvalue weighted by molar-refractivity contribution is 0.0735. The van der Waals surface area contributed by atoms with Crippen molar-refractivity contribution in [1.82, 2.24) is 9.80 Å². The van der Waals surface area contributed by atoms with Crippen LogP contribution in [0.15, 0.2) is 42.5 Å². The van der Waals surface area contributed by atoms with E-state index in [1.165, 1.54) is 12.8 Å². The Bertz CT molecular complexity index is 1340. The van der Waals surface area contributed by atoms with E-state index >= 15 is 0 Å². The summed E-state index contributed by atoms with van der Waals surface area (Å²) in [7, 11) is 6.53. The molecular weight excluding hydrogens is 508 g/mol. The third-order valence-electron chi connectivity index (χ3n) is 8.06. The summed E-state index contributed by atoms with van der Waals surface area (Å²) in [6.45, 7) is 5.09. The maximum atomic E-state index is 13.2. The van der Waals surface area contributed by atoms with Crippen molar-refractivity contribution in [3.63, 3.8) is 0 Å². The van der Waals surface area contributed by atoms with Crippen LogP contribution in [0.5, 0.6) is 28.7 Å². The van der Waals surface area contributed by atoms with Crippen molar-refractivity contribution < 1.29 is 28.5 Å². The predicted molar refractivity (Wildman–Crippen MR) is 155 cm³/mol. The minimum absolute atomic E-state index is 0.0875. The number of nitrogens with zero attached hydrogens (tertiary/aromatic N) is 2. The van der Waals surface area contributed by atoms with Crippen molar-refractivity contribution in [3.8, 4) is 28.7 Å². The highest BCUT2D eigenvalue weighted by Gasteiger charge is 2.31. The first-order chi connectivity index (χ1) is 19.6. The van der Waals surface area contributed by atoms with Crippen LogP contribution in [0.1, 0.15) is 41.6 Å². The fourth-order valence-corrected chi connectivity index (χ4v) is 6.07. The van der Waals surface area contributed by atoms with Crippen molar-refractivity contribution in [2.45, 2.75) is 32.2 Å². The highest BCUT2D eigenvalue weighted by Crippen LogP contribution is 2.39. The van der Waals surface area contributed by atoms with Crippen LogP contribution in [0.3, 0.4) is 0 Å². The van der Waals surface area contributed by atoms with Crippen LogP contribution < -0.4 is 23.7 Å². The van der Waals surface area contributed by atoms with Gasteiger partial charge in [0.15, 0.2) is 23.0 Å². The summed E-state index contributed by atoms with van der Waals surface area (Å²) in [5, 5.41) is 1.99. The summed E-state index contributed by atoms with van der Waals surface area (Å²) in [5.41, 5.74) is 1.74. The van der Waals surface area contributed by atoms with Gasteiger partial charge < -0.3 is 33.5 Å². The highest BCUT2D eigenvalue weighted by atomic mass is 16.5. The molecule has 5 rings (SSSR count). The van der Waals surface area contributed by atoms with Gasteiger partial charge in [0, 0.05) is 42.5 Å². The summed E-state index contributed by atoms with van der Waals surface area (Å²) in [6.07, 6.45) is 4.45. The number of benzene rings is 3. The zero-order valence-electron chi connectivity index (χ0n) is 24.0. The van der Waals surface area contributed by atoms with Gasteiger partial charge in [0.2, 0.25) is 0 Å². The normalized spacial score (nSPS) is 17.4. The summed E-state index contributed by atoms with van der Waals surface area (Å²) < 4.78 is 28.2. The molecule has 1 saturated heterocycles. The Kier molecular flexibility index (Phi) is 8.85. The van der Waals surface area contributed by atoms with E-state index in [1.54, 1.807) is 28.4 Å². The highest BCUT2D eigenvalue weighted by molar-refractivity contribution is 5.99. The van der Waals surface area contributed by atoms with Gasteiger partial charge in [-0.3, -0.25) is 4.79 Å². The molecule has 2 aliphatic heterocycles. The third kappa shape index (κ3) is 5.77. The Morgan fingerprint density at radius 2 is 1.65 bits per heavy atom. The van der Waals surface area contributed by atoms with Gasteiger partial charge in [-0.2, -0.15) is 0 Å². The first-order valence-corrected chi connectivity index (χ1v) is 14.1. The molecule has 0 aliphatic carbocycles. The number of methoxy groups -OCH3 is 4. The number of rotatable bonds is 11. The molecule has 0 N–H and O–H groups in total. The maximum Gasteiger partial charge on any atom is 0.254 e. The number of carbonyl (C=O) groups is 1. The second-order valence-corrected chi connectivity index (χ2v) is 10.6. The molecule has 1 fully saturated rings. The Morgan fingerprint density at radius 3 is 2.42 bits per heavy atom. The van der Waals surface area contributed by atoms with E-state index in [4.69, 9.17) is 23.7 Å². The van der Waals surface area contributed by atoms with Crippen LogP contribution in [0.2, 0.25) is 0 Å². The molecule has 0 radical (unpaired) electrons. The second-order valence-electron chi connectivity index (χ2n) is 10.6. The van der Waals surface area contributed by atoms with Gasteiger partial charge in [-0.05, 0) is 67.6 Å². The zero-order chi connectivity index (χ0) is 28.1. The minimum atomic E-state index is 0.0875. The molecular formula is C32H40N2O6. The van der Waals surface area contributed by atoms with Crippen molar-refractivity contribution in [1.29, 1.82) is 0 Å². The number of hydrogen-bond donors (Lipinski definition) is 0. The fourth-order valence-electron chi connectivity index (χ4n) is 6.07. The Morgan fingerprint density at radius 1 is 0.850 bits per heavy atom. The number of hydrogen-bond acceptors (Lipinski definition) is 7. The monoisotopic (exact) mass is 548 g/mol. The first-order valence-electron chi connectivity index (χ1n) is 14.1. The SMILES string of the molecule is COc1cc2c(cc1OC)C(=O)N(CC1CCCCN(CCCOc3cccc4c(OC)c(OC)ccc34)C1)C2. The van der Waals surface area contributed by atoms with E-state index in [1.807, 2.05) is 47.4 Å². The van der Waals surface area contributed by atoms with E-state index in [0.29, 0.717) is 36.3 Å². The predicted octanol–water partition coefficient (Wildman–Crippen LogP) is 5.40. The van der Waals surface area contributed by atoms with Crippen molar-refractivity contribution in [2.24, 2.45) is 5.92 Å². The van der Waals surface area contributed by atoms with Gasteiger partial charge in [0.05, 0.1) is 35.0 Å². The average Bonchev–Trinajstić information content (AvgIpc) is 3.12. The topological polar surface area (TPSA) is 69.7 Å². The second kappa shape index (κ2) is 12.7. The van der Waals surface area contributed by atoms with Crippen LogP contribution in [-0.2, 0) is 6.54 Å². The molecule has 1 amide bonds. The molecule has 3 aromatic rings. The lowest BCUT2D eigenvalue weighted by Crippen LogP contribution is -2.36. The van der Waals surface area contributed by atoms with E-state index in [2.05, 4.69) is 4.90 Å². The van der Waals surface area contributed by atoms with E-state index in [9.17, 15) is 4.79 Å². The molecule has 8 nitrogen and oxygen atoms in total. The lowest BCUT2D eigenvalue weighted by Gasteiger charge is -2.27. The number of carbonyl (C=O) groups excluding carboxylic acids is 1. The zero-order valence-corrected chi connectivity index (χ0v) is 24.0. The van der Waals surface area contributed by atoms with Crippen LogP contribution in [0.25, 0.3) is 10.8 Å². The molecule has 40 heavy (non-hydrogen) atoms. The number of fused-ring (bicyclic) bond motifs is 2.